The Kier molecular flexibility index (Phi) is 6.62. The molecule has 19 heavy (non-hydrogen) atoms. The van der Waals surface area contributed by atoms with Crippen LogP contribution < -0.4 is 10.6 Å². The first-order valence-corrected chi connectivity index (χ1v) is 6.89. The van der Waals surface area contributed by atoms with Gasteiger partial charge in [0.05, 0.1) is 12.7 Å². The second-order valence-electron chi connectivity index (χ2n) is 5.24. The minimum Gasteiger partial charge on any atom is -0.480 e. The van der Waals surface area contributed by atoms with Crippen molar-refractivity contribution >= 4 is 12.0 Å². The summed E-state index contributed by atoms with van der Waals surface area (Å²) in [6.07, 6.45) is 4.95. The molecule has 1 aliphatic rings. The third-order valence-electron chi connectivity index (χ3n) is 3.26. The zero-order valence-electron chi connectivity index (χ0n) is 11.6. The first-order valence-electron chi connectivity index (χ1n) is 6.89. The van der Waals surface area contributed by atoms with Crippen molar-refractivity contribution in [3.63, 3.8) is 0 Å². The zero-order chi connectivity index (χ0) is 14.3. The van der Waals surface area contributed by atoms with Crippen molar-refractivity contribution in [2.24, 2.45) is 5.92 Å². The fourth-order valence-corrected chi connectivity index (χ4v) is 2.15. The standard InChI is InChI=1S/C13H24N2O4/c1-9(2)11(12(16)17)15-13(18)14-7-8-19-10-5-3-4-6-10/h9-11H,3-8H2,1-2H3,(H,16,17)(H2,14,15,18)/t11-/m1/s1. The van der Waals surface area contributed by atoms with E-state index in [0.29, 0.717) is 19.3 Å². The topological polar surface area (TPSA) is 87.7 Å². The van der Waals surface area contributed by atoms with Crippen LogP contribution in [0.4, 0.5) is 4.79 Å². The molecular weight excluding hydrogens is 248 g/mol. The fraction of sp³-hybridized carbons (Fsp3) is 0.846. The van der Waals surface area contributed by atoms with Crippen molar-refractivity contribution in [2.45, 2.75) is 51.7 Å². The van der Waals surface area contributed by atoms with E-state index < -0.39 is 18.0 Å². The molecule has 1 atom stereocenters. The number of carbonyl (C=O) groups is 2. The highest BCUT2D eigenvalue weighted by molar-refractivity contribution is 5.82. The number of aliphatic carboxylic acids is 1. The van der Waals surface area contributed by atoms with Crippen LogP contribution in [-0.4, -0.2) is 42.4 Å². The highest BCUT2D eigenvalue weighted by Crippen LogP contribution is 2.20. The van der Waals surface area contributed by atoms with Crippen molar-refractivity contribution in [2.75, 3.05) is 13.2 Å². The van der Waals surface area contributed by atoms with Crippen LogP contribution in [0.3, 0.4) is 0 Å². The van der Waals surface area contributed by atoms with Crippen molar-refractivity contribution in [3.05, 3.63) is 0 Å². The number of ether oxygens (including phenoxy) is 1. The number of carbonyl (C=O) groups excluding carboxylic acids is 1. The molecule has 0 heterocycles. The Labute approximate surface area is 113 Å². The Morgan fingerprint density at radius 1 is 1.32 bits per heavy atom. The number of hydrogen-bond donors (Lipinski definition) is 3. The quantitative estimate of drug-likeness (QED) is 0.610. The molecule has 0 unspecified atom stereocenters. The van der Waals surface area contributed by atoms with Gasteiger partial charge in [-0.3, -0.25) is 0 Å². The summed E-state index contributed by atoms with van der Waals surface area (Å²) in [5.74, 6) is -1.18. The molecule has 0 aromatic rings. The molecule has 0 aromatic heterocycles. The third-order valence-corrected chi connectivity index (χ3v) is 3.26. The third kappa shape index (κ3) is 5.92. The van der Waals surface area contributed by atoms with E-state index in [-0.39, 0.29) is 5.92 Å². The van der Waals surface area contributed by atoms with Gasteiger partial charge in [0.15, 0.2) is 0 Å². The predicted octanol–water partition coefficient (Wildman–Crippen LogP) is 1.35. The monoisotopic (exact) mass is 272 g/mol. The first-order chi connectivity index (χ1) is 9.00. The molecule has 110 valence electrons. The van der Waals surface area contributed by atoms with E-state index in [1.165, 1.54) is 12.8 Å². The number of urea groups is 1. The van der Waals surface area contributed by atoms with Crippen LogP contribution in [-0.2, 0) is 9.53 Å². The lowest BCUT2D eigenvalue weighted by molar-refractivity contribution is -0.140. The zero-order valence-corrected chi connectivity index (χ0v) is 11.6. The molecule has 0 bridgehead atoms. The Morgan fingerprint density at radius 3 is 2.47 bits per heavy atom. The van der Waals surface area contributed by atoms with Crippen LogP contribution in [0, 0.1) is 5.92 Å². The summed E-state index contributed by atoms with van der Waals surface area (Å²) < 4.78 is 5.59. The summed E-state index contributed by atoms with van der Waals surface area (Å²) in [6.45, 7) is 4.37. The maximum absolute atomic E-state index is 11.5. The van der Waals surface area contributed by atoms with Crippen molar-refractivity contribution < 1.29 is 19.4 Å². The molecule has 0 saturated heterocycles. The number of hydrogen-bond acceptors (Lipinski definition) is 3. The van der Waals surface area contributed by atoms with Crippen molar-refractivity contribution in [1.29, 1.82) is 0 Å². The number of rotatable bonds is 7. The van der Waals surface area contributed by atoms with Gasteiger partial charge in [0.1, 0.15) is 6.04 Å². The molecule has 6 nitrogen and oxygen atoms in total. The van der Waals surface area contributed by atoms with E-state index in [0.717, 1.165) is 12.8 Å². The van der Waals surface area contributed by atoms with Crippen LogP contribution in [0.5, 0.6) is 0 Å². The Morgan fingerprint density at radius 2 is 1.95 bits per heavy atom. The second kappa shape index (κ2) is 7.99. The van der Waals surface area contributed by atoms with Crippen LogP contribution >= 0.6 is 0 Å². The second-order valence-corrected chi connectivity index (χ2v) is 5.24. The lowest BCUT2D eigenvalue weighted by atomic mass is 10.1. The SMILES string of the molecule is CC(C)[C@@H](NC(=O)NCCOC1CCCC1)C(=O)O. The molecule has 1 saturated carbocycles. The summed E-state index contributed by atoms with van der Waals surface area (Å²) in [7, 11) is 0. The molecule has 6 heteroatoms. The van der Waals surface area contributed by atoms with E-state index >= 15 is 0 Å². The highest BCUT2D eigenvalue weighted by atomic mass is 16.5. The summed E-state index contributed by atoms with van der Waals surface area (Å²) in [6, 6.07) is -1.33. The van der Waals surface area contributed by atoms with Gasteiger partial charge in [-0.1, -0.05) is 26.7 Å². The van der Waals surface area contributed by atoms with E-state index in [4.69, 9.17) is 9.84 Å². The average molecular weight is 272 g/mol. The number of nitrogens with one attached hydrogen (secondary N) is 2. The van der Waals surface area contributed by atoms with Crippen LogP contribution in [0.25, 0.3) is 0 Å². The molecule has 0 aromatic carbocycles. The molecular formula is C13H24N2O4. The molecule has 1 aliphatic carbocycles. The van der Waals surface area contributed by atoms with Gasteiger partial charge >= 0.3 is 12.0 Å². The van der Waals surface area contributed by atoms with Gasteiger partial charge in [-0.15, -0.1) is 0 Å². The first kappa shape index (κ1) is 15.8. The van der Waals surface area contributed by atoms with E-state index in [2.05, 4.69) is 10.6 Å². The van der Waals surface area contributed by atoms with E-state index in [1.807, 2.05) is 0 Å². The Hall–Kier alpha value is -1.30. The molecule has 3 N–H and O–H groups in total. The van der Waals surface area contributed by atoms with Gasteiger partial charge in [0, 0.05) is 6.54 Å². The number of carboxylic acid groups (broad SMARTS) is 1. The van der Waals surface area contributed by atoms with E-state index in [9.17, 15) is 9.59 Å². The maximum atomic E-state index is 11.5. The lowest BCUT2D eigenvalue weighted by Gasteiger charge is -2.18. The Bertz CT molecular complexity index is 301. The van der Waals surface area contributed by atoms with Crippen LogP contribution in [0.1, 0.15) is 39.5 Å². The highest BCUT2D eigenvalue weighted by Gasteiger charge is 2.23. The summed E-state index contributed by atoms with van der Waals surface area (Å²) in [5, 5.41) is 14.0. The molecule has 1 rings (SSSR count). The molecule has 1 fully saturated rings. The van der Waals surface area contributed by atoms with Gasteiger partial charge in [-0.2, -0.15) is 0 Å². The molecule has 0 aliphatic heterocycles. The van der Waals surface area contributed by atoms with Gasteiger partial charge in [-0.05, 0) is 18.8 Å². The summed E-state index contributed by atoms with van der Waals surface area (Å²) in [4.78, 5) is 22.4. The normalized spacial score (nSPS) is 17.4. The minimum absolute atomic E-state index is 0.155. The smallest absolute Gasteiger partial charge is 0.326 e. The minimum atomic E-state index is -1.02. The summed E-state index contributed by atoms with van der Waals surface area (Å²) >= 11 is 0. The number of carboxylic acids is 1. The van der Waals surface area contributed by atoms with Gasteiger partial charge in [0.2, 0.25) is 0 Å². The van der Waals surface area contributed by atoms with Gasteiger partial charge < -0.3 is 20.5 Å². The van der Waals surface area contributed by atoms with Crippen molar-refractivity contribution in [1.82, 2.24) is 10.6 Å². The molecule has 0 radical (unpaired) electrons. The average Bonchev–Trinajstić information content (AvgIpc) is 2.84. The van der Waals surface area contributed by atoms with Crippen LogP contribution in [0.2, 0.25) is 0 Å². The fourth-order valence-electron chi connectivity index (χ4n) is 2.15. The maximum Gasteiger partial charge on any atom is 0.326 e. The predicted molar refractivity (Wildman–Crippen MR) is 71.0 cm³/mol. The number of amides is 2. The summed E-state index contributed by atoms with van der Waals surface area (Å²) in [5.41, 5.74) is 0. The largest absolute Gasteiger partial charge is 0.480 e. The van der Waals surface area contributed by atoms with Gasteiger partial charge in [0.25, 0.3) is 0 Å². The lowest BCUT2D eigenvalue weighted by Crippen LogP contribution is -2.49. The Balaban J connectivity index is 2.14. The van der Waals surface area contributed by atoms with Crippen molar-refractivity contribution in [3.8, 4) is 0 Å². The molecule has 0 spiro atoms. The van der Waals surface area contributed by atoms with E-state index in [1.54, 1.807) is 13.8 Å². The van der Waals surface area contributed by atoms with Crippen LogP contribution in [0.15, 0.2) is 0 Å². The molecule has 2 amide bonds. The van der Waals surface area contributed by atoms with Gasteiger partial charge in [-0.25, -0.2) is 9.59 Å².